The first kappa shape index (κ1) is 21.4. The Bertz CT molecular complexity index is 1240. The monoisotopic (exact) mass is 471 g/mol. The highest BCUT2D eigenvalue weighted by atomic mass is 35.5. The van der Waals surface area contributed by atoms with Crippen molar-refractivity contribution in [1.82, 2.24) is 0 Å². The minimum absolute atomic E-state index is 0.00181. The van der Waals surface area contributed by atoms with Gasteiger partial charge in [0.1, 0.15) is 0 Å². The molecule has 1 aliphatic heterocycles. The third-order valence-corrected chi connectivity index (χ3v) is 5.65. The van der Waals surface area contributed by atoms with E-state index in [9.17, 15) is 27.5 Å². The number of hydrogen-bond donors (Lipinski definition) is 1. The summed E-state index contributed by atoms with van der Waals surface area (Å²) >= 11 is 11.4. The third kappa shape index (κ3) is 3.40. The van der Waals surface area contributed by atoms with Crippen molar-refractivity contribution < 1.29 is 32.3 Å². The highest BCUT2D eigenvalue weighted by Gasteiger charge is 2.62. The van der Waals surface area contributed by atoms with Crippen molar-refractivity contribution in [2.75, 3.05) is 0 Å². The molecule has 1 heterocycles. The number of halogens is 6. The van der Waals surface area contributed by atoms with Crippen LogP contribution in [0.15, 0.2) is 53.7 Å². The minimum atomic E-state index is -4.94. The zero-order valence-corrected chi connectivity index (χ0v) is 16.8. The highest BCUT2D eigenvalue weighted by molar-refractivity contribution is 6.35. The van der Waals surface area contributed by atoms with Crippen LogP contribution in [0.3, 0.4) is 0 Å². The summed E-state index contributed by atoms with van der Waals surface area (Å²) in [7, 11) is 0. The lowest BCUT2D eigenvalue weighted by Gasteiger charge is -2.29. The number of oxime groups is 1. The molecule has 3 aromatic carbocycles. The van der Waals surface area contributed by atoms with Crippen molar-refractivity contribution in [3.63, 3.8) is 0 Å². The molecule has 4 nitrogen and oxygen atoms in total. The standard InChI is InChI=1S/C21H11Cl2F4NO3/c22-15-7-10(8-16(23)18(15)24)20(21(25,26)27)9-17(28-31-20)13-5-6-14(19(29)30)12-4-2-1-3-11(12)13/h1-8H,9H2,(H,29,30). The molecule has 0 amide bonds. The smallest absolute Gasteiger partial charge is 0.435 e. The molecule has 1 atom stereocenters. The summed E-state index contributed by atoms with van der Waals surface area (Å²) in [5.41, 5.74) is -3.21. The van der Waals surface area contributed by atoms with Crippen LogP contribution < -0.4 is 0 Å². The van der Waals surface area contributed by atoms with Gasteiger partial charge in [0.2, 0.25) is 0 Å². The Morgan fingerprint density at radius 1 is 1.06 bits per heavy atom. The Kier molecular flexibility index (Phi) is 5.10. The van der Waals surface area contributed by atoms with Gasteiger partial charge in [-0.15, -0.1) is 0 Å². The second-order valence-corrected chi connectivity index (χ2v) is 7.71. The number of alkyl halides is 3. The van der Waals surface area contributed by atoms with Crippen molar-refractivity contribution in [2.45, 2.75) is 18.2 Å². The first-order valence-corrected chi connectivity index (χ1v) is 9.53. The van der Waals surface area contributed by atoms with Crippen molar-refractivity contribution in [3.05, 3.63) is 81.1 Å². The van der Waals surface area contributed by atoms with Crippen LogP contribution in [0.2, 0.25) is 10.0 Å². The largest absolute Gasteiger partial charge is 0.478 e. The van der Waals surface area contributed by atoms with E-state index in [2.05, 4.69) is 5.16 Å². The number of hydrogen-bond acceptors (Lipinski definition) is 3. The summed E-state index contributed by atoms with van der Waals surface area (Å²) in [5.74, 6) is -2.22. The lowest BCUT2D eigenvalue weighted by molar-refractivity contribution is -0.275. The van der Waals surface area contributed by atoms with Gasteiger partial charge in [-0.05, 0) is 29.0 Å². The molecule has 0 spiro atoms. The van der Waals surface area contributed by atoms with Crippen LogP contribution in [0, 0.1) is 5.82 Å². The van der Waals surface area contributed by atoms with Crippen LogP contribution in [0.1, 0.15) is 27.9 Å². The number of carboxylic acid groups (broad SMARTS) is 1. The van der Waals surface area contributed by atoms with Crippen LogP contribution in [0.5, 0.6) is 0 Å². The van der Waals surface area contributed by atoms with Gasteiger partial charge in [0.25, 0.3) is 5.60 Å². The summed E-state index contributed by atoms with van der Waals surface area (Å²) in [6.07, 6.45) is -5.69. The second-order valence-electron chi connectivity index (χ2n) is 6.90. The maximum Gasteiger partial charge on any atom is 0.435 e. The number of rotatable bonds is 3. The summed E-state index contributed by atoms with van der Waals surface area (Å²) < 4.78 is 56.3. The van der Waals surface area contributed by atoms with E-state index in [0.717, 1.165) is 12.1 Å². The quantitative estimate of drug-likeness (QED) is 0.347. The van der Waals surface area contributed by atoms with Gasteiger partial charge in [-0.1, -0.05) is 58.7 Å². The Morgan fingerprint density at radius 2 is 1.68 bits per heavy atom. The predicted molar refractivity (Wildman–Crippen MR) is 107 cm³/mol. The number of carbonyl (C=O) groups is 1. The minimum Gasteiger partial charge on any atom is -0.478 e. The first-order valence-electron chi connectivity index (χ1n) is 8.77. The number of benzene rings is 3. The first-order chi connectivity index (χ1) is 14.5. The fourth-order valence-corrected chi connectivity index (χ4v) is 4.06. The Morgan fingerprint density at radius 3 is 2.26 bits per heavy atom. The molecule has 160 valence electrons. The number of aromatic carboxylic acids is 1. The molecule has 0 radical (unpaired) electrons. The molecule has 0 saturated carbocycles. The van der Waals surface area contributed by atoms with Gasteiger partial charge in [-0.2, -0.15) is 13.2 Å². The average molecular weight is 472 g/mol. The molecule has 1 N–H and O–H groups in total. The second kappa shape index (κ2) is 7.39. The van der Waals surface area contributed by atoms with Crippen molar-refractivity contribution >= 4 is 45.7 Å². The van der Waals surface area contributed by atoms with Gasteiger partial charge in [0, 0.05) is 17.5 Å². The fourth-order valence-electron chi connectivity index (χ4n) is 3.57. The van der Waals surface area contributed by atoms with Crippen molar-refractivity contribution in [1.29, 1.82) is 0 Å². The predicted octanol–water partition coefficient (Wildman–Crippen LogP) is 6.57. The van der Waals surface area contributed by atoms with E-state index in [-0.39, 0.29) is 16.8 Å². The van der Waals surface area contributed by atoms with Crippen LogP contribution in [-0.2, 0) is 10.4 Å². The molecular weight excluding hydrogens is 461 g/mol. The van der Waals surface area contributed by atoms with E-state index in [4.69, 9.17) is 28.0 Å². The molecule has 1 unspecified atom stereocenters. The molecular formula is C21H11Cl2F4NO3. The fraction of sp³-hybridized carbons (Fsp3) is 0.143. The molecule has 0 fully saturated rings. The SMILES string of the molecule is O=C(O)c1ccc(C2=NOC(c3cc(Cl)c(F)c(Cl)c3)(C(F)(F)F)C2)c2ccccc12. The Balaban J connectivity index is 1.85. The number of nitrogens with zero attached hydrogens (tertiary/aromatic N) is 1. The normalized spacial score (nSPS) is 18.7. The van der Waals surface area contributed by atoms with E-state index >= 15 is 0 Å². The van der Waals surface area contributed by atoms with E-state index < -0.39 is 45.6 Å². The Labute approximate surface area is 182 Å². The zero-order chi connectivity index (χ0) is 22.6. The van der Waals surface area contributed by atoms with E-state index in [1.165, 1.54) is 12.1 Å². The van der Waals surface area contributed by atoms with Crippen LogP contribution in [0.25, 0.3) is 10.8 Å². The van der Waals surface area contributed by atoms with Gasteiger partial charge in [0.05, 0.1) is 21.3 Å². The molecule has 0 aliphatic carbocycles. The van der Waals surface area contributed by atoms with E-state index in [0.29, 0.717) is 10.8 Å². The van der Waals surface area contributed by atoms with Crippen molar-refractivity contribution in [2.24, 2.45) is 5.16 Å². The maximum atomic E-state index is 14.2. The number of carboxylic acids is 1. The lowest BCUT2D eigenvalue weighted by atomic mass is 9.85. The molecule has 0 saturated heterocycles. The van der Waals surface area contributed by atoms with Crippen LogP contribution in [-0.4, -0.2) is 23.0 Å². The van der Waals surface area contributed by atoms with Crippen molar-refractivity contribution in [3.8, 4) is 0 Å². The number of fused-ring (bicyclic) bond motifs is 1. The zero-order valence-electron chi connectivity index (χ0n) is 15.3. The van der Waals surface area contributed by atoms with Gasteiger partial charge >= 0.3 is 12.1 Å². The lowest BCUT2D eigenvalue weighted by Crippen LogP contribution is -2.42. The maximum absolute atomic E-state index is 14.2. The van der Waals surface area contributed by atoms with Gasteiger partial charge in [-0.3, -0.25) is 0 Å². The molecule has 1 aliphatic rings. The molecule has 0 bridgehead atoms. The van der Waals surface area contributed by atoms with Gasteiger partial charge in [-0.25, -0.2) is 9.18 Å². The van der Waals surface area contributed by atoms with Crippen LogP contribution in [0.4, 0.5) is 17.6 Å². The molecule has 31 heavy (non-hydrogen) atoms. The van der Waals surface area contributed by atoms with E-state index in [1.807, 2.05) is 0 Å². The highest BCUT2D eigenvalue weighted by Crippen LogP contribution is 2.50. The van der Waals surface area contributed by atoms with Gasteiger partial charge < -0.3 is 9.94 Å². The average Bonchev–Trinajstić information content (AvgIpc) is 3.17. The summed E-state index contributed by atoms with van der Waals surface area (Å²) in [4.78, 5) is 16.4. The van der Waals surface area contributed by atoms with Crippen LogP contribution >= 0.6 is 23.2 Å². The van der Waals surface area contributed by atoms with E-state index in [1.54, 1.807) is 24.3 Å². The molecule has 3 aromatic rings. The summed E-state index contributed by atoms with van der Waals surface area (Å²) in [6.45, 7) is 0. The molecule has 0 aromatic heterocycles. The third-order valence-electron chi connectivity index (χ3n) is 5.10. The van der Waals surface area contributed by atoms with Gasteiger partial charge in [0.15, 0.2) is 5.82 Å². The summed E-state index contributed by atoms with van der Waals surface area (Å²) in [5, 5.41) is 12.6. The topological polar surface area (TPSA) is 58.9 Å². The molecule has 10 heteroatoms. The summed E-state index contributed by atoms with van der Waals surface area (Å²) in [6, 6.07) is 10.7. The Hall–Kier alpha value is -2.84. The molecule has 4 rings (SSSR count).